The third-order valence-corrected chi connectivity index (χ3v) is 9.69. The molecule has 1 aromatic carbocycles. The van der Waals surface area contributed by atoms with Gasteiger partial charge in [0.05, 0.1) is 11.5 Å². The summed E-state index contributed by atoms with van der Waals surface area (Å²) in [6.45, 7) is 12.9. The third-order valence-electron chi connectivity index (χ3n) is 4.37. The summed E-state index contributed by atoms with van der Waals surface area (Å²) >= 11 is 0. The van der Waals surface area contributed by atoms with Crippen molar-refractivity contribution < 1.29 is 4.43 Å². The van der Waals surface area contributed by atoms with Gasteiger partial charge in [0.25, 0.3) is 0 Å². The van der Waals surface area contributed by atoms with E-state index in [0.717, 1.165) is 5.56 Å². The fourth-order valence-corrected chi connectivity index (χ4v) is 7.72. The molecule has 0 aliphatic heterocycles. The molecular formula is C17H27NOSi. The first kappa shape index (κ1) is 16.9. The highest BCUT2D eigenvalue weighted by atomic mass is 28.4. The van der Waals surface area contributed by atoms with Crippen LogP contribution in [-0.2, 0) is 9.84 Å². The number of rotatable bonds is 5. The molecule has 0 unspecified atom stereocenters. The van der Waals surface area contributed by atoms with Crippen molar-refractivity contribution in [3.8, 4) is 6.07 Å². The molecule has 1 aromatic rings. The van der Waals surface area contributed by atoms with Crippen LogP contribution in [0.3, 0.4) is 0 Å². The molecule has 20 heavy (non-hydrogen) atoms. The van der Waals surface area contributed by atoms with Crippen molar-refractivity contribution in [2.45, 2.75) is 58.0 Å². The Labute approximate surface area is 124 Å². The van der Waals surface area contributed by atoms with Crippen molar-refractivity contribution in [3.63, 3.8) is 0 Å². The zero-order valence-corrected chi connectivity index (χ0v) is 14.8. The van der Waals surface area contributed by atoms with Gasteiger partial charge in [-0.1, -0.05) is 52.0 Å². The van der Waals surface area contributed by atoms with E-state index in [1.54, 1.807) is 0 Å². The number of hydrogen-bond acceptors (Lipinski definition) is 2. The molecular weight excluding hydrogens is 262 g/mol. The van der Waals surface area contributed by atoms with E-state index in [-0.39, 0.29) is 0 Å². The molecule has 0 atom stereocenters. The van der Waals surface area contributed by atoms with E-state index in [0.29, 0.717) is 11.1 Å². The van der Waals surface area contributed by atoms with Gasteiger partial charge in [0.2, 0.25) is 8.32 Å². The van der Waals surface area contributed by atoms with Crippen LogP contribution in [0.4, 0.5) is 0 Å². The van der Waals surface area contributed by atoms with Crippen LogP contribution in [0.2, 0.25) is 11.1 Å². The van der Waals surface area contributed by atoms with Crippen LogP contribution in [0, 0.1) is 11.3 Å². The van der Waals surface area contributed by atoms with Crippen LogP contribution in [0.15, 0.2) is 24.3 Å². The number of nitrogens with zero attached hydrogens (tertiary/aromatic N) is 1. The molecule has 0 saturated heterocycles. The first-order valence-corrected chi connectivity index (χ1v) is 9.36. The summed E-state index contributed by atoms with van der Waals surface area (Å²) < 4.78 is 6.10. The van der Waals surface area contributed by atoms with Crippen LogP contribution in [-0.4, -0.2) is 15.4 Å². The maximum atomic E-state index is 9.35. The van der Waals surface area contributed by atoms with Gasteiger partial charge < -0.3 is 4.43 Å². The lowest BCUT2D eigenvalue weighted by atomic mass is 9.86. The van der Waals surface area contributed by atoms with Gasteiger partial charge in [-0.2, -0.15) is 5.26 Å². The second-order valence-corrected chi connectivity index (χ2v) is 11.5. The summed E-state index contributed by atoms with van der Waals surface area (Å²) in [6, 6.07) is 10.9. The Morgan fingerprint density at radius 1 is 1.15 bits per heavy atom. The van der Waals surface area contributed by atoms with Crippen molar-refractivity contribution in [1.82, 2.24) is 0 Å². The van der Waals surface area contributed by atoms with Crippen molar-refractivity contribution in [3.05, 3.63) is 29.8 Å². The molecule has 2 nitrogen and oxygen atoms in total. The highest BCUT2D eigenvalue weighted by Gasteiger charge is 2.43. The smallest absolute Gasteiger partial charge is 0.228 e. The predicted molar refractivity (Wildman–Crippen MR) is 87.7 cm³/mol. The molecule has 0 heterocycles. The van der Waals surface area contributed by atoms with Gasteiger partial charge in [-0.15, -0.1) is 0 Å². The van der Waals surface area contributed by atoms with E-state index >= 15 is 0 Å². The monoisotopic (exact) mass is 289 g/mol. The topological polar surface area (TPSA) is 33.0 Å². The lowest BCUT2D eigenvalue weighted by molar-refractivity contribution is 0.385. The van der Waals surface area contributed by atoms with Gasteiger partial charge in [-0.05, 0) is 35.7 Å². The zero-order valence-electron chi connectivity index (χ0n) is 13.8. The van der Waals surface area contributed by atoms with Crippen LogP contribution in [0.5, 0.6) is 0 Å². The summed E-state index contributed by atoms with van der Waals surface area (Å²) in [6.07, 6.45) is 0. The Balaban J connectivity index is 3.45. The minimum Gasteiger partial charge on any atom is -0.415 e. The Kier molecular flexibility index (Phi) is 5.18. The van der Waals surface area contributed by atoms with Crippen LogP contribution in [0.25, 0.3) is 0 Å². The Hall–Kier alpha value is -1.11. The van der Waals surface area contributed by atoms with E-state index in [2.05, 4.69) is 52.0 Å². The molecule has 0 amide bonds. The van der Waals surface area contributed by atoms with Crippen molar-refractivity contribution >= 4 is 13.5 Å². The second kappa shape index (κ2) is 6.11. The number of hydrogen-bond donors (Lipinski definition) is 0. The average molecular weight is 289 g/mol. The van der Waals surface area contributed by atoms with Gasteiger partial charge >= 0.3 is 0 Å². The van der Waals surface area contributed by atoms with Gasteiger partial charge in [-0.3, -0.25) is 0 Å². The van der Waals surface area contributed by atoms with Gasteiger partial charge in [0.15, 0.2) is 0 Å². The molecule has 0 aliphatic carbocycles. The van der Waals surface area contributed by atoms with Crippen molar-refractivity contribution in [1.29, 1.82) is 5.26 Å². The van der Waals surface area contributed by atoms with E-state index in [4.69, 9.17) is 4.43 Å². The van der Waals surface area contributed by atoms with E-state index in [9.17, 15) is 5.26 Å². The fraction of sp³-hybridized carbons (Fsp3) is 0.588. The Morgan fingerprint density at radius 3 is 2.10 bits per heavy atom. The van der Waals surface area contributed by atoms with Crippen LogP contribution >= 0.6 is 0 Å². The standard InChI is InChI=1S/C17H27NOSi/c1-13(2)20(19-7,14(3)4)16-10-8-9-15(11-16)17(5,6)12-18/h8-11,13-14H,1-7H3. The summed E-state index contributed by atoms with van der Waals surface area (Å²) in [7, 11) is -0.191. The number of benzene rings is 1. The van der Waals surface area contributed by atoms with E-state index in [1.807, 2.05) is 27.0 Å². The van der Waals surface area contributed by atoms with Gasteiger partial charge in [0.1, 0.15) is 0 Å². The summed E-state index contributed by atoms with van der Waals surface area (Å²) in [5.41, 5.74) is 1.60. The number of nitriles is 1. The largest absolute Gasteiger partial charge is 0.415 e. The Morgan fingerprint density at radius 2 is 1.70 bits per heavy atom. The summed E-state index contributed by atoms with van der Waals surface area (Å²) in [5, 5.41) is 10.6. The van der Waals surface area contributed by atoms with Crippen LogP contribution < -0.4 is 5.19 Å². The molecule has 0 aromatic heterocycles. The fourth-order valence-electron chi connectivity index (χ4n) is 3.14. The first-order valence-electron chi connectivity index (χ1n) is 7.29. The highest BCUT2D eigenvalue weighted by molar-refractivity contribution is 6.88. The van der Waals surface area contributed by atoms with Crippen molar-refractivity contribution in [2.75, 3.05) is 7.11 Å². The lowest BCUT2D eigenvalue weighted by Crippen LogP contribution is -2.55. The molecule has 3 heteroatoms. The molecule has 0 saturated carbocycles. The van der Waals surface area contributed by atoms with Gasteiger partial charge in [-0.25, -0.2) is 0 Å². The zero-order chi connectivity index (χ0) is 15.6. The molecule has 0 aliphatic rings. The first-order chi connectivity index (χ1) is 9.22. The maximum Gasteiger partial charge on any atom is 0.228 e. The summed E-state index contributed by atoms with van der Waals surface area (Å²) in [5.74, 6) is 0. The maximum absolute atomic E-state index is 9.35. The van der Waals surface area contributed by atoms with Gasteiger partial charge in [0, 0.05) is 7.11 Å². The SMILES string of the molecule is CO[Si](c1cccc(C(C)(C)C#N)c1)(C(C)C)C(C)C. The lowest BCUT2D eigenvalue weighted by Gasteiger charge is -2.38. The van der Waals surface area contributed by atoms with Crippen LogP contribution in [0.1, 0.15) is 47.1 Å². The second-order valence-electron chi connectivity index (χ2n) is 6.62. The molecule has 0 bridgehead atoms. The molecule has 0 spiro atoms. The predicted octanol–water partition coefficient (Wildman–Crippen LogP) is 4.11. The normalized spacial score (nSPS) is 12.8. The average Bonchev–Trinajstić information content (AvgIpc) is 2.39. The molecule has 0 radical (unpaired) electrons. The molecule has 110 valence electrons. The highest BCUT2D eigenvalue weighted by Crippen LogP contribution is 2.33. The third kappa shape index (κ3) is 2.82. The minimum absolute atomic E-state index is 0.460. The Bertz CT molecular complexity index is 492. The van der Waals surface area contributed by atoms with E-state index in [1.165, 1.54) is 5.19 Å². The quantitative estimate of drug-likeness (QED) is 0.764. The minimum atomic E-state index is -2.03. The molecule has 1 rings (SSSR count). The summed E-state index contributed by atoms with van der Waals surface area (Å²) in [4.78, 5) is 0. The van der Waals surface area contributed by atoms with Crippen molar-refractivity contribution in [2.24, 2.45) is 0 Å². The molecule has 0 N–H and O–H groups in total. The van der Waals surface area contributed by atoms with E-state index < -0.39 is 13.7 Å². The molecule has 0 fully saturated rings.